The van der Waals surface area contributed by atoms with Crippen molar-refractivity contribution in [1.29, 1.82) is 0 Å². The molecule has 7 heteroatoms. The molecule has 0 aliphatic carbocycles. The van der Waals surface area contributed by atoms with Gasteiger partial charge in [0.25, 0.3) is 0 Å². The Hall–Kier alpha value is -0.646. The summed E-state index contributed by atoms with van der Waals surface area (Å²) in [6.45, 7) is 7.84. The maximum atomic E-state index is 10.3. The van der Waals surface area contributed by atoms with Crippen molar-refractivity contribution >= 4 is 11.9 Å². The third kappa shape index (κ3) is 34.2. The van der Waals surface area contributed by atoms with Crippen molar-refractivity contribution < 1.29 is 36.3 Å². The van der Waals surface area contributed by atoms with E-state index in [1.807, 2.05) is 14.1 Å². The first kappa shape index (κ1) is 35.0. The van der Waals surface area contributed by atoms with Crippen LogP contribution in [0.1, 0.15) is 104 Å². The molecule has 0 atom stereocenters. The Morgan fingerprint density at radius 1 is 0.548 bits per heavy atom. The summed E-state index contributed by atoms with van der Waals surface area (Å²) >= 11 is 0. The molecule has 0 unspecified atom stereocenters. The molecule has 31 heavy (non-hydrogen) atoms. The third-order valence-corrected chi connectivity index (χ3v) is 5.20. The number of carboxylic acids is 2. The van der Waals surface area contributed by atoms with Crippen LogP contribution >= 0.6 is 0 Å². The minimum absolute atomic E-state index is 0. The molecule has 0 radical (unpaired) electrons. The number of nitrogens with zero attached hydrogens (tertiary/aromatic N) is 2. The number of unbranched alkanes of at least 4 members (excludes halogenated alkanes) is 10. The normalized spacial score (nSPS) is 10.5. The molecule has 0 aliphatic rings. The Morgan fingerprint density at radius 3 is 1.13 bits per heavy atom. The van der Waals surface area contributed by atoms with Crippen LogP contribution < -0.4 is 0 Å². The molecule has 0 saturated heterocycles. The Kier molecular flexibility index (Phi) is 30.9. The molecule has 0 saturated carbocycles. The van der Waals surface area contributed by atoms with Crippen molar-refractivity contribution in [2.75, 3.05) is 40.3 Å². The Morgan fingerprint density at radius 2 is 0.839 bits per heavy atom. The van der Waals surface area contributed by atoms with E-state index in [0.29, 0.717) is 13.1 Å². The van der Waals surface area contributed by atoms with Crippen LogP contribution in [-0.4, -0.2) is 72.2 Å². The van der Waals surface area contributed by atoms with Gasteiger partial charge in [0.05, 0.1) is 12.8 Å². The number of aliphatic carboxylic acids is 2. The van der Waals surface area contributed by atoms with Gasteiger partial charge >= 0.3 is 11.9 Å². The zero-order chi connectivity index (χ0) is 23.0. The molecule has 0 heterocycles. The predicted molar refractivity (Wildman–Crippen MR) is 126 cm³/mol. The summed E-state index contributed by atoms with van der Waals surface area (Å²) in [5.74, 6) is -1.41. The molecule has 0 aromatic heterocycles. The van der Waals surface area contributed by atoms with Crippen LogP contribution in [0.3, 0.4) is 0 Å². The van der Waals surface area contributed by atoms with E-state index in [0.717, 1.165) is 13.1 Å². The van der Waals surface area contributed by atoms with Crippen molar-refractivity contribution in [2.45, 2.75) is 104 Å². The van der Waals surface area contributed by atoms with Gasteiger partial charge in [-0.2, -0.15) is 0 Å². The quantitative estimate of drug-likeness (QED) is 0.174. The molecule has 0 aliphatic heterocycles. The van der Waals surface area contributed by atoms with E-state index in [9.17, 15) is 9.59 Å². The molecule has 0 aromatic carbocycles. The van der Waals surface area contributed by atoms with Gasteiger partial charge in [0.15, 0.2) is 0 Å². The van der Waals surface area contributed by atoms with E-state index in [-0.39, 0.29) is 29.3 Å². The maximum Gasteiger partial charge on any atom is 0.304 e. The zero-order valence-electron chi connectivity index (χ0n) is 20.6. The number of hydrogen-bond acceptors (Lipinski definition) is 4. The summed E-state index contributed by atoms with van der Waals surface area (Å²) in [6, 6.07) is 0. The molecular formula is C24H50N2NiO4. The van der Waals surface area contributed by atoms with Gasteiger partial charge in [-0.05, 0) is 40.0 Å². The number of rotatable bonds is 20. The van der Waals surface area contributed by atoms with Gasteiger partial charge < -0.3 is 20.0 Å². The molecule has 0 aromatic rings. The average molecular weight is 489 g/mol. The molecule has 0 amide bonds. The summed E-state index contributed by atoms with van der Waals surface area (Å²) in [7, 11) is 3.99. The van der Waals surface area contributed by atoms with Crippen LogP contribution in [0.15, 0.2) is 0 Å². The second-order valence-electron chi connectivity index (χ2n) is 8.43. The molecular weight excluding hydrogens is 439 g/mol. The average Bonchev–Trinajstić information content (AvgIpc) is 2.70. The van der Waals surface area contributed by atoms with Crippen LogP contribution in [0.25, 0.3) is 0 Å². The first-order valence-corrected chi connectivity index (χ1v) is 12.1. The van der Waals surface area contributed by atoms with Crippen molar-refractivity contribution in [3.05, 3.63) is 0 Å². The van der Waals surface area contributed by atoms with Gasteiger partial charge in [-0.3, -0.25) is 9.59 Å². The Balaban J connectivity index is -0.000000490. The van der Waals surface area contributed by atoms with E-state index in [1.54, 1.807) is 0 Å². The Bertz CT molecular complexity index is 362. The molecule has 0 fully saturated rings. The van der Waals surface area contributed by atoms with E-state index in [4.69, 9.17) is 10.2 Å². The largest absolute Gasteiger partial charge is 0.481 e. The van der Waals surface area contributed by atoms with Crippen LogP contribution in [0.5, 0.6) is 0 Å². The van der Waals surface area contributed by atoms with Crippen molar-refractivity contribution in [3.8, 4) is 0 Å². The van der Waals surface area contributed by atoms with Crippen LogP contribution in [0, 0.1) is 0 Å². The minimum atomic E-state index is -0.704. The second kappa shape index (κ2) is 27.4. The van der Waals surface area contributed by atoms with Crippen LogP contribution in [-0.2, 0) is 26.1 Å². The first-order chi connectivity index (χ1) is 14.3. The summed E-state index contributed by atoms with van der Waals surface area (Å²) < 4.78 is 0. The van der Waals surface area contributed by atoms with Crippen molar-refractivity contribution in [3.63, 3.8) is 0 Å². The van der Waals surface area contributed by atoms with Gasteiger partial charge in [-0.1, -0.05) is 78.1 Å². The predicted octanol–water partition coefficient (Wildman–Crippen LogP) is 5.50. The molecule has 6 nitrogen and oxygen atoms in total. The molecule has 0 bridgehead atoms. The second-order valence-corrected chi connectivity index (χ2v) is 8.43. The number of carboxylic acid groups (broad SMARTS) is 2. The molecule has 190 valence electrons. The van der Waals surface area contributed by atoms with Gasteiger partial charge in [-0.25, -0.2) is 0 Å². The minimum Gasteiger partial charge on any atom is -0.481 e. The summed E-state index contributed by atoms with van der Waals surface area (Å²) in [5.41, 5.74) is 0. The zero-order valence-corrected chi connectivity index (χ0v) is 21.6. The maximum absolute atomic E-state index is 10.3. The van der Waals surface area contributed by atoms with E-state index >= 15 is 0 Å². The SMILES string of the molecule is CCCCCCCCN(C)CCC(=O)O.CCCCCCCCN(C)CCC(=O)O.[Ni]. The third-order valence-electron chi connectivity index (χ3n) is 5.20. The van der Waals surface area contributed by atoms with Crippen LogP contribution in [0.4, 0.5) is 0 Å². The number of carbonyl (C=O) groups is 2. The van der Waals surface area contributed by atoms with E-state index < -0.39 is 11.9 Å². The summed E-state index contributed by atoms with van der Waals surface area (Å²) in [5, 5.41) is 17.0. The number of hydrogen-bond donors (Lipinski definition) is 2. The standard InChI is InChI=1S/2C12H25NO2.Ni/c2*1-3-4-5-6-7-8-10-13(2)11-9-12(14)15;/h2*3-11H2,1-2H3,(H,14,15);. The van der Waals surface area contributed by atoms with Gasteiger partial charge in [0.1, 0.15) is 0 Å². The monoisotopic (exact) mass is 488 g/mol. The fourth-order valence-electron chi connectivity index (χ4n) is 3.12. The molecule has 2 N–H and O–H groups in total. The smallest absolute Gasteiger partial charge is 0.304 e. The molecule has 0 spiro atoms. The van der Waals surface area contributed by atoms with E-state index in [2.05, 4.69) is 23.6 Å². The fraction of sp³-hybridized carbons (Fsp3) is 0.917. The Labute approximate surface area is 202 Å². The van der Waals surface area contributed by atoms with E-state index in [1.165, 1.54) is 77.0 Å². The van der Waals surface area contributed by atoms with Gasteiger partial charge in [-0.15, -0.1) is 0 Å². The van der Waals surface area contributed by atoms with Crippen molar-refractivity contribution in [2.24, 2.45) is 0 Å². The van der Waals surface area contributed by atoms with Crippen molar-refractivity contribution in [1.82, 2.24) is 9.80 Å². The first-order valence-electron chi connectivity index (χ1n) is 12.1. The topological polar surface area (TPSA) is 81.1 Å². The summed E-state index contributed by atoms with van der Waals surface area (Å²) in [6.07, 6.45) is 16.0. The fourth-order valence-corrected chi connectivity index (χ4v) is 3.12. The summed E-state index contributed by atoms with van der Waals surface area (Å²) in [4.78, 5) is 24.9. The van der Waals surface area contributed by atoms with Crippen LogP contribution in [0.2, 0.25) is 0 Å². The molecule has 0 rings (SSSR count). The van der Waals surface area contributed by atoms with Gasteiger partial charge in [0.2, 0.25) is 0 Å². The van der Waals surface area contributed by atoms with Gasteiger partial charge in [0, 0.05) is 29.6 Å².